The summed E-state index contributed by atoms with van der Waals surface area (Å²) in [6.07, 6.45) is 2.49. The van der Waals surface area contributed by atoms with Gasteiger partial charge in [-0.25, -0.2) is 8.42 Å². The number of nitrogens with one attached hydrogen (secondary N) is 1. The van der Waals surface area contributed by atoms with E-state index in [1.807, 2.05) is 37.3 Å². The minimum absolute atomic E-state index is 0.119. The first-order chi connectivity index (χ1) is 15.8. The summed E-state index contributed by atoms with van der Waals surface area (Å²) in [6.45, 7) is 5.58. The van der Waals surface area contributed by atoms with Gasteiger partial charge in [-0.2, -0.15) is 4.31 Å². The highest BCUT2D eigenvalue weighted by atomic mass is 32.2. The van der Waals surface area contributed by atoms with Crippen LogP contribution in [0.1, 0.15) is 44.2 Å². The van der Waals surface area contributed by atoms with Crippen LogP contribution >= 0.6 is 0 Å². The minimum Gasteiger partial charge on any atom is -0.355 e. The van der Waals surface area contributed by atoms with E-state index in [0.29, 0.717) is 32.6 Å². The first-order valence-electron chi connectivity index (χ1n) is 11.5. The summed E-state index contributed by atoms with van der Waals surface area (Å²) in [6, 6.07) is 15.8. The molecule has 0 aliphatic carbocycles. The van der Waals surface area contributed by atoms with E-state index in [1.165, 1.54) is 4.31 Å². The van der Waals surface area contributed by atoms with Crippen LogP contribution in [0.25, 0.3) is 0 Å². The zero-order valence-electron chi connectivity index (χ0n) is 19.4. The quantitative estimate of drug-likeness (QED) is 0.577. The number of nitrogens with zero attached hydrogens (tertiary/aromatic N) is 2. The highest BCUT2D eigenvalue weighted by Crippen LogP contribution is 2.21. The molecule has 2 aromatic rings. The largest absolute Gasteiger partial charge is 0.355 e. The smallest absolute Gasteiger partial charge is 0.243 e. The van der Waals surface area contributed by atoms with E-state index in [-0.39, 0.29) is 23.1 Å². The molecule has 7 nitrogen and oxygen atoms in total. The average molecular weight is 472 g/mol. The van der Waals surface area contributed by atoms with Crippen molar-refractivity contribution in [2.24, 2.45) is 0 Å². The zero-order chi connectivity index (χ0) is 23.8. The third-order valence-corrected chi connectivity index (χ3v) is 7.88. The van der Waals surface area contributed by atoms with Crippen molar-refractivity contribution in [1.82, 2.24) is 14.5 Å². The highest BCUT2D eigenvalue weighted by Gasteiger charge is 2.27. The first kappa shape index (κ1) is 24.9. The lowest BCUT2D eigenvalue weighted by Crippen LogP contribution is -2.47. The number of carbonyl (C=O) groups excluding carboxylic acids is 2. The number of sulfonamides is 1. The van der Waals surface area contributed by atoms with Gasteiger partial charge in [0, 0.05) is 32.6 Å². The lowest BCUT2D eigenvalue weighted by Gasteiger charge is -2.28. The van der Waals surface area contributed by atoms with Crippen molar-refractivity contribution >= 4 is 21.8 Å². The molecule has 1 N–H and O–H groups in total. The van der Waals surface area contributed by atoms with Crippen molar-refractivity contribution in [2.45, 2.75) is 57.0 Å². The topological polar surface area (TPSA) is 86.8 Å². The van der Waals surface area contributed by atoms with Gasteiger partial charge in [0.1, 0.15) is 6.04 Å². The van der Waals surface area contributed by atoms with Gasteiger partial charge < -0.3 is 10.2 Å². The van der Waals surface area contributed by atoms with Crippen LogP contribution in [0.15, 0.2) is 59.5 Å². The van der Waals surface area contributed by atoms with Crippen LogP contribution in [0.5, 0.6) is 0 Å². The predicted octanol–water partition coefficient (Wildman–Crippen LogP) is 2.96. The molecule has 33 heavy (non-hydrogen) atoms. The summed E-state index contributed by atoms with van der Waals surface area (Å²) in [5.74, 6) is -0.301. The van der Waals surface area contributed by atoms with E-state index in [0.717, 1.165) is 24.0 Å². The fraction of sp³-hybridized carbons (Fsp3) is 0.440. The Morgan fingerprint density at radius 2 is 1.64 bits per heavy atom. The van der Waals surface area contributed by atoms with E-state index in [1.54, 1.807) is 36.1 Å². The van der Waals surface area contributed by atoms with Gasteiger partial charge in [0.25, 0.3) is 0 Å². The molecule has 2 aromatic carbocycles. The fourth-order valence-corrected chi connectivity index (χ4v) is 5.50. The van der Waals surface area contributed by atoms with Crippen LogP contribution in [0.4, 0.5) is 0 Å². The number of likely N-dealkylation sites (N-methyl/N-ethyl adjacent to an activating group) is 1. The second-order valence-corrected chi connectivity index (χ2v) is 10.3. The SMILES string of the molecule is CCNC(=O)[C@@H](C)N(Cc1ccccc1)C(=O)CCc1ccc(S(=O)(=O)N2CCCC2)cc1. The summed E-state index contributed by atoms with van der Waals surface area (Å²) in [4.78, 5) is 27.4. The van der Waals surface area contributed by atoms with Crippen LogP contribution in [-0.2, 0) is 32.6 Å². The number of hydrogen-bond donors (Lipinski definition) is 1. The summed E-state index contributed by atoms with van der Waals surface area (Å²) in [5, 5.41) is 2.79. The van der Waals surface area contributed by atoms with Crippen LogP contribution in [0.3, 0.4) is 0 Å². The molecule has 1 heterocycles. The molecule has 2 amide bonds. The molecule has 1 aliphatic rings. The minimum atomic E-state index is -3.45. The van der Waals surface area contributed by atoms with E-state index < -0.39 is 16.1 Å². The molecule has 1 saturated heterocycles. The van der Waals surface area contributed by atoms with Crippen LogP contribution < -0.4 is 5.32 Å². The van der Waals surface area contributed by atoms with Crippen LogP contribution in [-0.4, -0.2) is 55.1 Å². The van der Waals surface area contributed by atoms with Crippen molar-refractivity contribution in [3.05, 3.63) is 65.7 Å². The molecule has 0 radical (unpaired) electrons. The van der Waals surface area contributed by atoms with Crippen molar-refractivity contribution in [1.29, 1.82) is 0 Å². The maximum Gasteiger partial charge on any atom is 0.243 e. The van der Waals surface area contributed by atoms with Crippen molar-refractivity contribution in [3.8, 4) is 0 Å². The number of benzene rings is 2. The Kier molecular flexibility index (Phi) is 8.63. The van der Waals surface area contributed by atoms with E-state index in [9.17, 15) is 18.0 Å². The Labute approximate surface area is 196 Å². The van der Waals surface area contributed by atoms with E-state index in [4.69, 9.17) is 0 Å². The number of rotatable bonds is 10. The molecular weight excluding hydrogens is 438 g/mol. The second kappa shape index (κ2) is 11.4. The van der Waals surface area contributed by atoms with E-state index >= 15 is 0 Å². The van der Waals surface area contributed by atoms with Crippen LogP contribution in [0, 0.1) is 0 Å². The highest BCUT2D eigenvalue weighted by molar-refractivity contribution is 7.89. The van der Waals surface area contributed by atoms with Gasteiger partial charge in [-0.15, -0.1) is 0 Å². The Morgan fingerprint density at radius 3 is 2.24 bits per heavy atom. The predicted molar refractivity (Wildman–Crippen MR) is 128 cm³/mol. The summed E-state index contributed by atoms with van der Waals surface area (Å²) >= 11 is 0. The Hall–Kier alpha value is -2.71. The standard InChI is InChI=1S/C25H33N3O4S/c1-3-26-25(30)20(2)28(19-22-9-5-4-6-10-22)24(29)16-13-21-11-14-23(15-12-21)33(31,32)27-17-7-8-18-27/h4-6,9-12,14-15,20H,3,7-8,13,16-19H2,1-2H3,(H,26,30)/t20-/m1/s1. The number of hydrogen-bond acceptors (Lipinski definition) is 4. The molecule has 1 aliphatic heterocycles. The monoisotopic (exact) mass is 471 g/mol. The summed E-state index contributed by atoms with van der Waals surface area (Å²) in [7, 11) is -3.45. The van der Waals surface area contributed by atoms with Crippen molar-refractivity contribution in [3.63, 3.8) is 0 Å². The maximum atomic E-state index is 13.1. The maximum absolute atomic E-state index is 13.1. The number of carbonyl (C=O) groups is 2. The van der Waals surface area contributed by atoms with Gasteiger partial charge >= 0.3 is 0 Å². The molecule has 0 spiro atoms. The Bertz CT molecular complexity index is 1030. The average Bonchev–Trinajstić information content (AvgIpc) is 3.38. The molecule has 0 unspecified atom stereocenters. The van der Waals surface area contributed by atoms with Gasteiger partial charge in [-0.3, -0.25) is 9.59 Å². The van der Waals surface area contributed by atoms with Gasteiger partial charge in [0.15, 0.2) is 0 Å². The second-order valence-electron chi connectivity index (χ2n) is 8.33. The normalized spacial score (nSPS) is 15.2. The Balaban J connectivity index is 1.67. The van der Waals surface area contributed by atoms with E-state index in [2.05, 4.69) is 5.32 Å². The zero-order valence-corrected chi connectivity index (χ0v) is 20.2. The molecule has 1 fully saturated rings. The molecule has 3 rings (SSSR count). The van der Waals surface area contributed by atoms with Gasteiger partial charge in [-0.1, -0.05) is 42.5 Å². The third kappa shape index (κ3) is 6.42. The van der Waals surface area contributed by atoms with Gasteiger partial charge in [0.2, 0.25) is 21.8 Å². The van der Waals surface area contributed by atoms with Gasteiger partial charge in [-0.05, 0) is 56.4 Å². The first-order valence-corrected chi connectivity index (χ1v) is 13.0. The number of amides is 2. The lowest BCUT2D eigenvalue weighted by atomic mass is 10.1. The van der Waals surface area contributed by atoms with Crippen LogP contribution in [0.2, 0.25) is 0 Å². The van der Waals surface area contributed by atoms with Gasteiger partial charge in [0.05, 0.1) is 4.90 Å². The molecule has 1 atom stereocenters. The number of aryl methyl sites for hydroxylation is 1. The summed E-state index contributed by atoms with van der Waals surface area (Å²) in [5.41, 5.74) is 1.84. The Morgan fingerprint density at radius 1 is 1.00 bits per heavy atom. The molecule has 8 heteroatoms. The lowest BCUT2D eigenvalue weighted by molar-refractivity contribution is -0.140. The van der Waals surface area contributed by atoms with Crippen molar-refractivity contribution in [2.75, 3.05) is 19.6 Å². The molecule has 178 valence electrons. The third-order valence-electron chi connectivity index (χ3n) is 5.97. The molecule has 0 bridgehead atoms. The molecule has 0 aromatic heterocycles. The van der Waals surface area contributed by atoms with Crippen molar-refractivity contribution < 1.29 is 18.0 Å². The molecular formula is C25H33N3O4S. The summed E-state index contributed by atoms with van der Waals surface area (Å²) < 4.78 is 26.9. The fourth-order valence-electron chi connectivity index (χ4n) is 3.99. The molecule has 0 saturated carbocycles.